The third-order valence-corrected chi connectivity index (χ3v) is 0.849. The molecule has 0 atom stereocenters. The standard InChI is InChI=1S/C6H4O2.Cl2O2S.2N3/c7-5-3-1-2-4-6(5)8;1-5(2,3)4;2*1-3-2/h1-4H;;;/q;;2*-1. The number of hydrogen-bond acceptors (Lipinski definition) is 4. The maximum absolute atomic E-state index is 10.3. The summed E-state index contributed by atoms with van der Waals surface area (Å²) < 4.78 is 18.3. The molecule has 0 fully saturated rings. The Labute approximate surface area is 116 Å². The highest BCUT2D eigenvalue weighted by Crippen LogP contribution is 1.98. The highest BCUT2D eigenvalue weighted by Gasteiger charge is 2.06. The molecule has 0 aromatic rings. The maximum atomic E-state index is 10.3. The fourth-order valence-corrected chi connectivity index (χ4v) is 0.450. The van der Waals surface area contributed by atoms with Crippen LogP contribution >= 0.6 is 21.4 Å². The Bertz CT molecular complexity index is 486. The summed E-state index contributed by atoms with van der Waals surface area (Å²) >= 11 is 0. The van der Waals surface area contributed by atoms with Crippen LogP contribution in [0.2, 0.25) is 0 Å². The molecule has 0 unspecified atom stereocenters. The summed E-state index contributed by atoms with van der Waals surface area (Å²) in [5.41, 5.74) is 27.0. The minimum absolute atomic E-state index is 0.437. The predicted octanol–water partition coefficient (Wildman–Crippen LogP) is 2.69. The number of ketones is 2. The number of halogens is 2. The van der Waals surface area contributed by atoms with Crippen molar-refractivity contribution in [3.63, 3.8) is 0 Å². The van der Waals surface area contributed by atoms with Crippen LogP contribution in [-0.2, 0) is 17.9 Å². The second kappa shape index (κ2) is 14.0. The molecular weight excluding hydrogens is 323 g/mol. The molecule has 0 N–H and O–H groups in total. The Kier molecular flexibility index (Phi) is 16.4. The molecule has 104 valence electrons. The molecule has 0 saturated heterocycles. The number of carbonyl (C=O) groups excluding carboxylic acids is 2. The zero-order chi connectivity index (χ0) is 15.9. The smallest absolute Gasteiger partial charge is 0.317 e. The first-order valence-electron chi connectivity index (χ1n) is 3.68. The Morgan fingerprint density at radius 3 is 1.11 bits per heavy atom. The lowest BCUT2D eigenvalue weighted by Gasteiger charge is -1.88. The van der Waals surface area contributed by atoms with Crippen LogP contribution in [0, 0.1) is 0 Å². The minimum Gasteiger partial charge on any atom is -0.373 e. The summed E-state index contributed by atoms with van der Waals surface area (Å²) in [6.07, 6.45) is 5.60. The van der Waals surface area contributed by atoms with Crippen molar-refractivity contribution in [1.82, 2.24) is 0 Å². The molecule has 0 spiro atoms. The summed E-state index contributed by atoms with van der Waals surface area (Å²) in [4.78, 5) is 23.6. The van der Waals surface area contributed by atoms with E-state index in [4.69, 9.17) is 30.5 Å². The van der Waals surface area contributed by atoms with Gasteiger partial charge in [-0.3, -0.25) is 19.4 Å². The van der Waals surface area contributed by atoms with E-state index in [0.29, 0.717) is 0 Å². The average molecular weight is 327 g/mol. The topological polar surface area (TPSA) is 186 Å². The second-order valence-corrected chi connectivity index (χ2v) is 5.67. The van der Waals surface area contributed by atoms with Gasteiger partial charge in [0.25, 0.3) is 0 Å². The SMILES string of the molecule is O=C1C=CC=CC1=O.O=S(=O)(Cl)Cl.[N-]=[N+]=[N-].[N-]=[N+]=[N-]. The average Bonchev–Trinajstić information content (AvgIpc) is 2.22. The summed E-state index contributed by atoms with van der Waals surface area (Å²) in [6, 6.07) is 0. The van der Waals surface area contributed by atoms with E-state index in [2.05, 4.69) is 21.4 Å². The van der Waals surface area contributed by atoms with Crippen LogP contribution in [0.5, 0.6) is 0 Å². The van der Waals surface area contributed by atoms with Crippen LogP contribution in [0.25, 0.3) is 31.9 Å². The minimum atomic E-state index is -3.72. The quantitative estimate of drug-likeness (QED) is 0.165. The zero-order valence-corrected chi connectivity index (χ0v) is 11.1. The lowest BCUT2D eigenvalue weighted by molar-refractivity contribution is -0.131. The van der Waals surface area contributed by atoms with E-state index in [1.807, 2.05) is 0 Å². The maximum Gasteiger partial charge on any atom is 0.317 e. The third-order valence-electron chi connectivity index (χ3n) is 0.849. The summed E-state index contributed by atoms with van der Waals surface area (Å²) in [5, 5.41) is 0. The van der Waals surface area contributed by atoms with Crippen LogP contribution in [-0.4, -0.2) is 20.0 Å². The fraction of sp³-hybridized carbons (Fsp3) is 0. The van der Waals surface area contributed by atoms with Crippen LogP contribution in [0.15, 0.2) is 24.3 Å². The van der Waals surface area contributed by atoms with Crippen LogP contribution < -0.4 is 0 Å². The van der Waals surface area contributed by atoms with Gasteiger partial charge in [0, 0.05) is 21.4 Å². The van der Waals surface area contributed by atoms with Crippen LogP contribution in [0.4, 0.5) is 0 Å². The monoisotopic (exact) mass is 326 g/mol. The van der Waals surface area contributed by atoms with Gasteiger partial charge in [-0.2, -0.15) is 8.42 Å². The third kappa shape index (κ3) is 38.7. The van der Waals surface area contributed by atoms with E-state index in [1.54, 1.807) is 12.2 Å². The van der Waals surface area contributed by atoms with Gasteiger partial charge in [0.2, 0.25) is 11.6 Å². The van der Waals surface area contributed by atoms with Crippen molar-refractivity contribution < 1.29 is 18.0 Å². The number of carbonyl (C=O) groups is 2. The van der Waals surface area contributed by atoms with Gasteiger partial charge in [0.05, 0.1) is 0 Å². The van der Waals surface area contributed by atoms with Crippen molar-refractivity contribution in [1.29, 1.82) is 0 Å². The molecule has 0 bridgehead atoms. The molecule has 0 aromatic carbocycles. The van der Waals surface area contributed by atoms with Crippen LogP contribution in [0.1, 0.15) is 0 Å². The number of hydrogen-bond donors (Lipinski definition) is 0. The van der Waals surface area contributed by atoms with E-state index in [1.165, 1.54) is 22.0 Å². The van der Waals surface area contributed by atoms with Gasteiger partial charge in [0.1, 0.15) is 0 Å². The first-order valence-corrected chi connectivity index (χ1v) is 6.81. The van der Waals surface area contributed by atoms with Gasteiger partial charge < -0.3 is 22.1 Å². The molecular formula is C6H4Cl2N6O4S-2. The van der Waals surface area contributed by atoms with Gasteiger partial charge in [-0.15, -0.1) is 0 Å². The highest BCUT2D eigenvalue weighted by molar-refractivity contribution is 8.31. The van der Waals surface area contributed by atoms with E-state index < -0.39 is 19.8 Å². The molecule has 10 nitrogen and oxygen atoms in total. The molecule has 0 amide bonds. The van der Waals surface area contributed by atoms with Crippen molar-refractivity contribution in [2.45, 2.75) is 0 Å². The normalized spacial score (nSPS) is 11.3. The van der Waals surface area contributed by atoms with Gasteiger partial charge >= 0.3 is 8.26 Å². The lowest BCUT2D eigenvalue weighted by atomic mass is 10.1. The molecule has 19 heavy (non-hydrogen) atoms. The van der Waals surface area contributed by atoms with Crippen molar-refractivity contribution in [2.75, 3.05) is 0 Å². The van der Waals surface area contributed by atoms with Crippen molar-refractivity contribution in [3.05, 3.63) is 56.3 Å². The summed E-state index contributed by atoms with van der Waals surface area (Å²) in [6.45, 7) is 0. The second-order valence-electron chi connectivity index (χ2n) is 2.00. The highest BCUT2D eigenvalue weighted by atomic mass is 36.0. The van der Waals surface area contributed by atoms with Crippen molar-refractivity contribution >= 4 is 41.2 Å². The summed E-state index contributed by atoms with van der Waals surface area (Å²) in [7, 11) is 4.81. The molecule has 0 aliphatic heterocycles. The van der Waals surface area contributed by atoms with Crippen LogP contribution in [0.3, 0.4) is 0 Å². The zero-order valence-electron chi connectivity index (χ0n) is 8.79. The van der Waals surface area contributed by atoms with Gasteiger partial charge in [-0.25, -0.2) is 0 Å². The number of rotatable bonds is 0. The Hall–Kier alpha value is -2.03. The molecule has 1 aliphatic rings. The molecule has 0 radical (unpaired) electrons. The van der Waals surface area contributed by atoms with Gasteiger partial charge in [-0.1, -0.05) is 12.2 Å². The van der Waals surface area contributed by atoms with E-state index in [-0.39, 0.29) is 0 Å². The van der Waals surface area contributed by atoms with E-state index in [0.717, 1.165) is 0 Å². The lowest BCUT2D eigenvalue weighted by Crippen LogP contribution is -2.08. The Balaban J connectivity index is -0.000000202. The molecule has 1 rings (SSSR count). The Morgan fingerprint density at radius 1 is 0.842 bits per heavy atom. The number of allylic oxidation sites excluding steroid dienone is 4. The fourth-order valence-electron chi connectivity index (χ4n) is 0.450. The van der Waals surface area contributed by atoms with Crippen molar-refractivity contribution in [2.24, 2.45) is 0 Å². The molecule has 1 aliphatic carbocycles. The van der Waals surface area contributed by atoms with E-state index >= 15 is 0 Å². The molecule has 13 heteroatoms. The first kappa shape index (κ1) is 22.2. The summed E-state index contributed by atoms with van der Waals surface area (Å²) in [5.74, 6) is -0.875. The van der Waals surface area contributed by atoms with Gasteiger partial charge in [-0.05, 0) is 12.2 Å². The van der Waals surface area contributed by atoms with E-state index in [9.17, 15) is 9.59 Å². The molecule has 0 saturated carbocycles. The largest absolute Gasteiger partial charge is 0.373 e. The number of nitrogens with zero attached hydrogens (tertiary/aromatic N) is 6. The Morgan fingerprint density at radius 2 is 1.00 bits per heavy atom. The predicted molar refractivity (Wildman–Crippen MR) is 69.1 cm³/mol. The molecule has 0 heterocycles. The molecule has 0 aromatic heterocycles. The van der Waals surface area contributed by atoms with Gasteiger partial charge in [0.15, 0.2) is 0 Å². The first-order chi connectivity index (χ1) is 8.63. The van der Waals surface area contributed by atoms with Crippen molar-refractivity contribution in [3.8, 4) is 0 Å².